The molecule has 0 saturated carbocycles. The maximum atomic E-state index is 11.5. The van der Waals surface area contributed by atoms with Crippen LogP contribution in [0.2, 0.25) is 0 Å². The van der Waals surface area contributed by atoms with Gasteiger partial charge >= 0.3 is 0 Å². The lowest BCUT2D eigenvalue weighted by atomic mass is 9.70. The lowest BCUT2D eigenvalue weighted by Crippen LogP contribution is -2.70. The minimum Gasteiger partial charge on any atom is -0.394 e. The first kappa shape index (κ1) is 48.9. The highest BCUT2D eigenvalue weighted by Crippen LogP contribution is 2.43. The van der Waals surface area contributed by atoms with Crippen LogP contribution >= 0.6 is 0 Å². The zero-order valence-corrected chi connectivity index (χ0v) is 34.3. The number of hydrogen-bond donors (Lipinski definition) is 13. The third-order valence-corrected chi connectivity index (χ3v) is 13.6. The molecule has 19 unspecified atom stereocenters. The summed E-state index contributed by atoms with van der Waals surface area (Å²) in [4.78, 5) is 0. The monoisotopic (exact) mass is 828 g/mol. The van der Waals surface area contributed by atoms with Crippen molar-refractivity contribution in [3.05, 3.63) is 0 Å². The maximum Gasteiger partial charge on any atom is 0.180 e. The second kappa shape index (κ2) is 18.3. The maximum absolute atomic E-state index is 11.5. The Bertz CT molecular complexity index is 1290. The highest BCUT2D eigenvalue weighted by molar-refractivity contribution is 5.08. The summed E-state index contributed by atoms with van der Waals surface area (Å²) in [5.74, 6) is -2.70. The summed E-state index contributed by atoms with van der Waals surface area (Å²) in [7, 11) is 0. The van der Waals surface area contributed by atoms with E-state index in [1.54, 1.807) is 41.5 Å². The Morgan fingerprint density at radius 1 is 0.526 bits per heavy atom. The van der Waals surface area contributed by atoms with Crippen molar-refractivity contribution in [2.45, 2.75) is 145 Å². The van der Waals surface area contributed by atoms with E-state index in [0.717, 1.165) is 0 Å². The quantitative estimate of drug-likeness (QED) is 0.0690. The summed E-state index contributed by atoms with van der Waals surface area (Å²) >= 11 is 0. The predicted molar refractivity (Wildman–Crippen MR) is 201 cm³/mol. The molecule has 4 aliphatic rings. The molecule has 4 fully saturated rings. The number of ether oxygens (including phenoxy) is 7. The van der Waals surface area contributed by atoms with Gasteiger partial charge in [-0.2, -0.15) is 0 Å². The molecule has 20 nitrogen and oxygen atoms in total. The molecule has 0 spiro atoms. The summed E-state index contributed by atoms with van der Waals surface area (Å²) in [6.45, 7) is 8.52. The van der Waals surface area contributed by atoms with Crippen molar-refractivity contribution < 1.29 is 79.1 Å². The van der Waals surface area contributed by atoms with Crippen LogP contribution in [-0.4, -0.2) is 208 Å². The van der Waals surface area contributed by atoms with Crippen LogP contribution in [0.25, 0.3) is 0 Å². The van der Waals surface area contributed by atoms with E-state index in [9.17, 15) is 46.0 Å². The van der Waals surface area contributed by atoms with Crippen LogP contribution in [0.5, 0.6) is 0 Å². The van der Waals surface area contributed by atoms with E-state index >= 15 is 0 Å². The standard InChI is InChI=1S/C37H72N4O16/c1-32(2)21(9-43)56-36(6,27(40)30(32)48)17-52-14-33(3)22(10-44)54-20(24(38)29(33)47)13-51-12-18-19(8-42)55-35(5,26(39)25(18)46)16-53-15-34(4)23(11-45)57-37(7,50)28(41)31(34)49/h18-31,42-50H,8-17,38-41H2,1-7H3. The summed E-state index contributed by atoms with van der Waals surface area (Å²) in [5.41, 5.74) is 19.6. The fraction of sp³-hybridized carbons (Fsp3) is 1.00. The summed E-state index contributed by atoms with van der Waals surface area (Å²) in [5, 5.41) is 95.7. The second-order valence-electron chi connectivity index (χ2n) is 18.4. The Kier molecular flexibility index (Phi) is 15.7. The highest BCUT2D eigenvalue weighted by atomic mass is 16.6. The Morgan fingerprint density at radius 2 is 1.05 bits per heavy atom. The van der Waals surface area contributed by atoms with Gasteiger partial charge < -0.3 is 102 Å². The number of aliphatic hydroxyl groups excluding tert-OH is 8. The number of nitrogens with two attached hydrogens (primary N) is 4. The van der Waals surface area contributed by atoms with Gasteiger partial charge in [0, 0.05) is 22.2 Å². The minimum absolute atomic E-state index is 0.105. The van der Waals surface area contributed by atoms with Crippen molar-refractivity contribution in [1.29, 1.82) is 0 Å². The lowest BCUT2D eigenvalue weighted by molar-refractivity contribution is -0.324. The zero-order valence-electron chi connectivity index (χ0n) is 34.3. The smallest absolute Gasteiger partial charge is 0.180 e. The topological polar surface area (TPSA) is 351 Å². The summed E-state index contributed by atoms with van der Waals surface area (Å²) < 4.78 is 42.0. The molecule has 57 heavy (non-hydrogen) atoms. The molecule has 0 aromatic heterocycles. The molecule has 0 aliphatic carbocycles. The molecule has 20 heteroatoms. The Balaban J connectivity index is 1.33. The second-order valence-corrected chi connectivity index (χ2v) is 18.4. The molecule has 336 valence electrons. The molecule has 4 saturated heterocycles. The molecular formula is C37H72N4O16. The predicted octanol–water partition coefficient (Wildman–Crippen LogP) is -5.40. The molecule has 17 N–H and O–H groups in total. The average Bonchev–Trinajstić information content (AvgIpc) is 3.16. The Morgan fingerprint density at radius 3 is 1.58 bits per heavy atom. The van der Waals surface area contributed by atoms with Crippen molar-refractivity contribution in [3.63, 3.8) is 0 Å². The van der Waals surface area contributed by atoms with E-state index in [-0.39, 0.29) is 46.2 Å². The van der Waals surface area contributed by atoms with Crippen LogP contribution in [0.1, 0.15) is 48.5 Å². The minimum atomic E-state index is -1.89. The SMILES string of the molecule is CC1(O)OC(CO)C(C)(COCC2(C)OC(CO)C(COCC3OC(CO)C(C)(COCC4(C)OC(CO)C(C)(C)C(O)C4N)C(O)C3N)C(O)C2N)C(O)C1N. The van der Waals surface area contributed by atoms with Crippen LogP contribution in [0, 0.1) is 22.2 Å². The highest BCUT2D eigenvalue weighted by Gasteiger charge is 2.58. The van der Waals surface area contributed by atoms with E-state index in [4.69, 9.17) is 56.1 Å². The van der Waals surface area contributed by atoms with Crippen molar-refractivity contribution >= 4 is 0 Å². The van der Waals surface area contributed by atoms with E-state index in [0.29, 0.717) is 0 Å². The van der Waals surface area contributed by atoms with Gasteiger partial charge in [0.05, 0.1) is 145 Å². The molecular weight excluding hydrogens is 756 g/mol. The van der Waals surface area contributed by atoms with Crippen LogP contribution < -0.4 is 22.9 Å². The van der Waals surface area contributed by atoms with E-state index in [1.165, 1.54) is 6.92 Å². The molecule has 0 bridgehead atoms. The Hall–Kier alpha value is -0.800. The third kappa shape index (κ3) is 9.22. The fourth-order valence-electron chi connectivity index (χ4n) is 8.77. The van der Waals surface area contributed by atoms with Crippen molar-refractivity contribution in [2.24, 2.45) is 45.1 Å². The van der Waals surface area contributed by atoms with Gasteiger partial charge in [-0.15, -0.1) is 0 Å². The fourth-order valence-corrected chi connectivity index (χ4v) is 8.77. The van der Waals surface area contributed by atoms with Gasteiger partial charge in [-0.05, 0) is 20.8 Å². The molecule has 4 aliphatic heterocycles. The largest absolute Gasteiger partial charge is 0.394 e. The van der Waals surface area contributed by atoms with Crippen molar-refractivity contribution in [1.82, 2.24) is 0 Å². The lowest BCUT2D eigenvalue weighted by Gasteiger charge is -2.54. The van der Waals surface area contributed by atoms with Crippen LogP contribution in [0.3, 0.4) is 0 Å². The molecule has 0 aromatic carbocycles. The molecule has 0 amide bonds. The summed E-state index contributed by atoms with van der Waals surface area (Å²) in [6, 6.07) is -4.10. The van der Waals surface area contributed by atoms with Gasteiger partial charge in [-0.3, -0.25) is 0 Å². The van der Waals surface area contributed by atoms with Gasteiger partial charge in [-0.25, -0.2) is 0 Å². The number of hydrogen-bond acceptors (Lipinski definition) is 20. The number of rotatable bonds is 16. The van der Waals surface area contributed by atoms with Crippen LogP contribution in [0.4, 0.5) is 0 Å². The first-order valence-corrected chi connectivity index (χ1v) is 19.7. The van der Waals surface area contributed by atoms with Crippen LogP contribution in [-0.2, 0) is 33.2 Å². The van der Waals surface area contributed by atoms with E-state index in [2.05, 4.69) is 0 Å². The van der Waals surface area contributed by atoms with Gasteiger partial charge in [0.25, 0.3) is 0 Å². The van der Waals surface area contributed by atoms with Gasteiger partial charge in [0.1, 0.15) is 11.2 Å². The molecule has 0 aromatic rings. The van der Waals surface area contributed by atoms with Crippen LogP contribution in [0.15, 0.2) is 0 Å². The van der Waals surface area contributed by atoms with Gasteiger partial charge in [0.15, 0.2) is 5.79 Å². The van der Waals surface area contributed by atoms with Crippen molar-refractivity contribution in [2.75, 3.05) is 66.1 Å². The third-order valence-electron chi connectivity index (χ3n) is 13.6. The van der Waals surface area contributed by atoms with Gasteiger partial charge in [-0.1, -0.05) is 27.7 Å². The molecule has 0 radical (unpaired) electrons. The first-order valence-electron chi connectivity index (χ1n) is 19.7. The Labute approximate surface area is 334 Å². The summed E-state index contributed by atoms with van der Waals surface area (Å²) in [6.07, 6.45) is -9.38. The number of aliphatic hydroxyl groups is 9. The first-order chi connectivity index (χ1) is 26.3. The average molecular weight is 829 g/mol. The molecule has 4 heterocycles. The van der Waals surface area contributed by atoms with E-state index < -0.39 is 138 Å². The zero-order chi connectivity index (χ0) is 43.1. The van der Waals surface area contributed by atoms with E-state index in [1.807, 2.05) is 0 Å². The normalized spacial score (nSPS) is 50.5. The van der Waals surface area contributed by atoms with Crippen molar-refractivity contribution in [3.8, 4) is 0 Å². The molecule has 19 atom stereocenters. The molecule has 4 rings (SSSR count). The van der Waals surface area contributed by atoms with Gasteiger partial charge in [0.2, 0.25) is 0 Å².